The monoisotopic (exact) mass is 309 g/mol. The first-order valence-electron chi connectivity index (χ1n) is 7.43. The summed E-state index contributed by atoms with van der Waals surface area (Å²) in [5.74, 6) is 0. The molecule has 0 aromatic rings. The van der Waals surface area contributed by atoms with Crippen molar-refractivity contribution in [2.75, 3.05) is 39.6 Å². The summed E-state index contributed by atoms with van der Waals surface area (Å²) in [6.45, 7) is 10.8. The predicted molar refractivity (Wildman–Crippen MR) is 76.8 cm³/mol. The van der Waals surface area contributed by atoms with Gasteiger partial charge in [-0.1, -0.05) is 13.3 Å². The molecule has 1 radical (unpaired) electrons. The standard InChI is InChI=1S/C10H24O4Si.C3H5O2/c1-5-9-10-14-15(11-6-2,12-7-3)13-8-4;4-1-3-2-5-3/h5-10H2,1-4H3;3H,1-2H2. The lowest BCUT2D eigenvalue weighted by Gasteiger charge is -2.26. The Hall–Kier alpha value is -0.0231. The van der Waals surface area contributed by atoms with Gasteiger partial charge in [0.15, 0.2) is 0 Å². The molecule has 1 aliphatic rings. The molecule has 0 amide bonds. The van der Waals surface area contributed by atoms with Crippen molar-refractivity contribution in [3.8, 4) is 0 Å². The van der Waals surface area contributed by atoms with E-state index in [2.05, 4.69) is 11.7 Å². The van der Waals surface area contributed by atoms with Gasteiger partial charge in [-0.15, -0.1) is 0 Å². The molecule has 0 saturated carbocycles. The minimum Gasteiger partial charge on any atom is -0.370 e. The zero-order valence-electron chi connectivity index (χ0n) is 13.2. The van der Waals surface area contributed by atoms with E-state index in [1.807, 2.05) is 20.8 Å². The summed E-state index contributed by atoms with van der Waals surface area (Å²) in [7, 11) is -2.83. The Bertz CT molecular complexity index is 196. The lowest BCUT2D eigenvalue weighted by molar-refractivity contribution is -0.0278. The molecule has 1 atom stereocenters. The van der Waals surface area contributed by atoms with E-state index in [4.69, 9.17) is 17.7 Å². The average molecular weight is 309 g/mol. The Morgan fingerprint density at radius 2 is 1.50 bits per heavy atom. The molecule has 0 N–H and O–H groups in total. The van der Waals surface area contributed by atoms with Gasteiger partial charge < -0.3 is 22.4 Å². The van der Waals surface area contributed by atoms with E-state index in [1.165, 1.54) is 0 Å². The number of ether oxygens (including phenoxy) is 1. The molecule has 121 valence electrons. The Balaban J connectivity index is 0.000000595. The van der Waals surface area contributed by atoms with Crippen LogP contribution in [-0.4, -0.2) is 54.8 Å². The maximum Gasteiger partial charge on any atom is 0.679 e. The highest BCUT2D eigenvalue weighted by atomic mass is 28.4. The van der Waals surface area contributed by atoms with Gasteiger partial charge in [0.25, 0.3) is 0 Å². The molecule has 1 aliphatic heterocycles. The maximum atomic E-state index is 9.57. The number of hydrogen-bond acceptors (Lipinski definition) is 5. The van der Waals surface area contributed by atoms with E-state index in [1.54, 1.807) is 0 Å². The Kier molecular flexibility index (Phi) is 12.7. The van der Waals surface area contributed by atoms with Gasteiger partial charge in [0.05, 0.1) is 6.61 Å². The van der Waals surface area contributed by atoms with Crippen LogP contribution in [0.5, 0.6) is 0 Å². The van der Waals surface area contributed by atoms with Crippen LogP contribution in [0.15, 0.2) is 0 Å². The Morgan fingerprint density at radius 1 is 1.00 bits per heavy atom. The van der Waals surface area contributed by atoms with Crippen molar-refractivity contribution in [2.24, 2.45) is 0 Å². The SMILES string of the molecule is CCCCO[Si](OCC)(OCC)OCC.[O]CC1CO1. The van der Waals surface area contributed by atoms with Crippen LogP contribution in [0.1, 0.15) is 40.5 Å². The maximum absolute atomic E-state index is 9.57. The second-order valence-corrected chi connectivity index (χ2v) is 6.28. The normalized spacial score (nSPS) is 17.6. The number of unbranched alkanes of at least 4 members (excludes halogenated alkanes) is 1. The first-order valence-corrected chi connectivity index (χ1v) is 9.06. The lowest BCUT2D eigenvalue weighted by atomic mass is 10.4. The minimum atomic E-state index is -2.83. The molecule has 6 nitrogen and oxygen atoms in total. The smallest absolute Gasteiger partial charge is 0.370 e. The van der Waals surface area contributed by atoms with E-state index in [0.717, 1.165) is 12.8 Å². The van der Waals surface area contributed by atoms with E-state index in [0.29, 0.717) is 33.0 Å². The fourth-order valence-electron chi connectivity index (χ4n) is 1.29. The van der Waals surface area contributed by atoms with Crippen molar-refractivity contribution in [3.05, 3.63) is 0 Å². The number of rotatable bonds is 11. The zero-order valence-corrected chi connectivity index (χ0v) is 14.2. The average Bonchev–Trinajstić information content (AvgIpc) is 3.25. The Morgan fingerprint density at radius 3 is 1.75 bits per heavy atom. The summed E-state index contributed by atoms with van der Waals surface area (Å²) >= 11 is 0. The highest BCUT2D eigenvalue weighted by Crippen LogP contribution is 2.12. The fraction of sp³-hybridized carbons (Fsp3) is 1.00. The highest BCUT2D eigenvalue weighted by Gasteiger charge is 2.44. The molecule has 20 heavy (non-hydrogen) atoms. The lowest BCUT2D eigenvalue weighted by Crippen LogP contribution is -2.49. The second kappa shape index (κ2) is 12.7. The van der Waals surface area contributed by atoms with Gasteiger partial charge in [-0.05, 0) is 27.2 Å². The molecule has 0 aromatic carbocycles. The van der Waals surface area contributed by atoms with Gasteiger partial charge in [0.2, 0.25) is 0 Å². The predicted octanol–water partition coefficient (Wildman–Crippen LogP) is 2.16. The third kappa shape index (κ3) is 9.81. The molecule has 1 rings (SSSR count). The molecule has 1 saturated heterocycles. The molecule has 0 aliphatic carbocycles. The van der Waals surface area contributed by atoms with Crippen LogP contribution >= 0.6 is 0 Å². The van der Waals surface area contributed by atoms with E-state index in [-0.39, 0.29) is 12.7 Å². The molecule has 1 fully saturated rings. The topological polar surface area (TPSA) is 69.3 Å². The van der Waals surface area contributed by atoms with Crippen LogP contribution in [0.25, 0.3) is 0 Å². The number of hydrogen-bond donors (Lipinski definition) is 0. The molecule has 1 unspecified atom stereocenters. The third-order valence-corrected chi connectivity index (χ3v) is 4.81. The molecule has 0 bridgehead atoms. The second-order valence-electron chi connectivity index (χ2n) is 4.12. The first-order chi connectivity index (χ1) is 9.67. The van der Waals surface area contributed by atoms with E-state index >= 15 is 0 Å². The van der Waals surface area contributed by atoms with Crippen molar-refractivity contribution >= 4 is 9.05 Å². The third-order valence-electron chi connectivity index (χ3n) is 2.33. The van der Waals surface area contributed by atoms with Crippen LogP contribution in [-0.2, 0) is 27.5 Å². The Labute approximate surface area is 123 Å². The highest BCUT2D eigenvalue weighted by molar-refractivity contribution is 6.53. The van der Waals surface area contributed by atoms with Crippen molar-refractivity contribution in [1.82, 2.24) is 0 Å². The van der Waals surface area contributed by atoms with Crippen molar-refractivity contribution in [2.45, 2.75) is 46.6 Å². The molecule has 0 aromatic heterocycles. The van der Waals surface area contributed by atoms with E-state index in [9.17, 15) is 5.11 Å². The van der Waals surface area contributed by atoms with Gasteiger partial charge in [0, 0.05) is 26.4 Å². The molecular weight excluding hydrogens is 280 g/mol. The van der Waals surface area contributed by atoms with Crippen molar-refractivity contribution in [1.29, 1.82) is 0 Å². The minimum absolute atomic E-state index is 0.0556. The molecule has 7 heteroatoms. The molecule has 0 spiro atoms. The van der Waals surface area contributed by atoms with Crippen molar-refractivity contribution < 1.29 is 27.5 Å². The van der Waals surface area contributed by atoms with Gasteiger partial charge in [-0.3, -0.25) is 0 Å². The summed E-state index contributed by atoms with van der Waals surface area (Å²) in [5.41, 5.74) is 0. The van der Waals surface area contributed by atoms with Gasteiger partial charge >= 0.3 is 9.05 Å². The zero-order chi connectivity index (χ0) is 15.3. The quantitative estimate of drug-likeness (QED) is 0.332. The molecule has 1 heterocycles. The van der Waals surface area contributed by atoms with Gasteiger partial charge in [0.1, 0.15) is 12.7 Å². The van der Waals surface area contributed by atoms with Crippen LogP contribution in [0.2, 0.25) is 0 Å². The largest absolute Gasteiger partial charge is 0.679 e. The summed E-state index contributed by atoms with van der Waals surface area (Å²) in [6, 6.07) is 0. The summed E-state index contributed by atoms with van der Waals surface area (Å²) in [5, 5.41) is 9.57. The number of epoxide rings is 1. The van der Waals surface area contributed by atoms with Gasteiger partial charge in [-0.2, -0.15) is 0 Å². The summed E-state index contributed by atoms with van der Waals surface area (Å²) in [4.78, 5) is 0. The van der Waals surface area contributed by atoms with Crippen LogP contribution in [0.4, 0.5) is 0 Å². The fourth-order valence-corrected chi connectivity index (χ4v) is 3.24. The van der Waals surface area contributed by atoms with Crippen molar-refractivity contribution in [3.63, 3.8) is 0 Å². The van der Waals surface area contributed by atoms with Crippen LogP contribution < -0.4 is 0 Å². The van der Waals surface area contributed by atoms with Gasteiger partial charge in [-0.25, -0.2) is 5.11 Å². The summed E-state index contributed by atoms with van der Waals surface area (Å²) in [6.07, 6.45) is 2.17. The van der Waals surface area contributed by atoms with Crippen LogP contribution in [0, 0.1) is 0 Å². The van der Waals surface area contributed by atoms with Crippen LogP contribution in [0.3, 0.4) is 0 Å². The molecular formula is C13H29O6Si. The first kappa shape index (κ1) is 20.0. The summed E-state index contributed by atoms with van der Waals surface area (Å²) < 4.78 is 26.8. The van der Waals surface area contributed by atoms with E-state index < -0.39 is 9.05 Å².